The molecule has 0 aliphatic heterocycles. The van der Waals surface area contributed by atoms with Crippen LogP contribution in [0, 0.1) is 17.6 Å². The Bertz CT molecular complexity index is 348. The Labute approximate surface area is 102 Å². The van der Waals surface area contributed by atoms with Crippen molar-refractivity contribution >= 4 is 0 Å². The van der Waals surface area contributed by atoms with Crippen molar-refractivity contribution in [3.8, 4) is 0 Å². The summed E-state index contributed by atoms with van der Waals surface area (Å²) in [5.41, 5.74) is 0.430. The van der Waals surface area contributed by atoms with Crippen molar-refractivity contribution in [2.45, 2.75) is 39.2 Å². The Hall–Kier alpha value is -0.960. The van der Waals surface area contributed by atoms with Crippen molar-refractivity contribution in [1.82, 2.24) is 5.32 Å². The molecule has 0 heterocycles. The van der Waals surface area contributed by atoms with Crippen molar-refractivity contribution in [2.24, 2.45) is 5.92 Å². The third kappa shape index (κ3) is 3.77. The maximum Gasteiger partial charge on any atom is 0.128 e. The Morgan fingerprint density at radius 2 is 1.82 bits per heavy atom. The number of benzene rings is 1. The van der Waals surface area contributed by atoms with E-state index < -0.39 is 0 Å². The van der Waals surface area contributed by atoms with E-state index in [1.807, 2.05) is 0 Å². The highest BCUT2D eigenvalue weighted by atomic mass is 19.1. The number of hydrogen-bond donors (Lipinski definition) is 1. The first-order valence-electron chi connectivity index (χ1n) is 6.24. The van der Waals surface area contributed by atoms with Gasteiger partial charge in [0, 0.05) is 11.6 Å². The third-order valence-corrected chi connectivity index (χ3v) is 3.41. The van der Waals surface area contributed by atoms with Crippen LogP contribution in [-0.4, -0.2) is 7.05 Å². The molecule has 0 saturated carbocycles. The summed E-state index contributed by atoms with van der Waals surface area (Å²) in [6.45, 7) is 4.26. The second-order valence-electron chi connectivity index (χ2n) is 4.43. The van der Waals surface area contributed by atoms with Crippen molar-refractivity contribution in [1.29, 1.82) is 0 Å². The van der Waals surface area contributed by atoms with Gasteiger partial charge in [0.25, 0.3) is 0 Å². The zero-order chi connectivity index (χ0) is 12.8. The molecule has 0 spiro atoms. The predicted octanol–water partition coefficient (Wildman–Crippen LogP) is 4.05. The van der Waals surface area contributed by atoms with Gasteiger partial charge >= 0.3 is 0 Å². The van der Waals surface area contributed by atoms with Crippen LogP contribution in [0.15, 0.2) is 18.2 Å². The highest BCUT2D eigenvalue weighted by molar-refractivity contribution is 5.22. The number of nitrogens with one attached hydrogen (secondary N) is 1. The van der Waals surface area contributed by atoms with Gasteiger partial charge in [-0.3, -0.25) is 0 Å². The lowest BCUT2D eigenvalue weighted by Gasteiger charge is -2.22. The predicted molar refractivity (Wildman–Crippen MR) is 66.8 cm³/mol. The monoisotopic (exact) mass is 241 g/mol. The number of halogens is 2. The van der Waals surface area contributed by atoms with E-state index >= 15 is 0 Å². The van der Waals surface area contributed by atoms with E-state index in [-0.39, 0.29) is 17.7 Å². The average molecular weight is 241 g/mol. The lowest BCUT2D eigenvalue weighted by molar-refractivity contribution is 0.376. The molecule has 1 unspecified atom stereocenters. The van der Waals surface area contributed by atoms with Crippen LogP contribution in [0.3, 0.4) is 0 Å². The zero-order valence-corrected chi connectivity index (χ0v) is 10.8. The summed E-state index contributed by atoms with van der Waals surface area (Å²) in [5, 5.41) is 3.08. The first-order valence-corrected chi connectivity index (χ1v) is 6.24. The third-order valence-electron chi connectivity index (χ3n) is 3.41. The van der Waals surface area contributed by atoms with Gasteiger partial charge < -0.3 is 5.32 Å². The molecular weight excluding hydrogens is 220 g/mol. The molecule has 96 valence electrons. The first kappa shape index (κ1) is 14.1. The summed E-state index contributed by atoms with van der Waals surface area (Å²) in [5.74, 6) is -0.182. The minimum Gasteiger partial charge on any atom is -0.313 e. The summed E-state index contributed by atoms with van der Waals surface area (Å²) in [6.07, 6.45) is 2.96. The van der Waals surface area contributed by atoms with E-state index in [9.17, 15) is 8.78 Å². The quantitative estimate of drug-likeness (QED) is 0.792. The fourth-order valence-corrected chi connectivity index (χ4v) is 2.14. The SMILES string of the molecule is CCC(CC)CC(NC)c1cc(F)ccc1F. The van der Waals surface area contributed by atoms with Crippen LogP contribution in [0.5, 0.6) is 0 Å². The van der Waals surface area contributed by atoms with E-state index in [0.29, 0.717) is 11.5 Å². The summed E-state index contributed by atoms with van der Waals surface area (Å²) >= 11 is 0. The van der Waals surface area contributed by atoms with Crippen LogP contribution in [-0.2, 0) is 0 Å². The summed E-state index contributed by atoms with van der Waals surface area (Å²) in [6, 6.07) is 3.53. The molecule has 17 heavy (non-hydrogen) atoms. The molecule has 1 atom stereocenters. The molecule has 0 aromatic heterocycles. The standard InChI is InChI=1S/C14H21F2N/c1-4-10(5-2)8-14(17-3)12-9-11(15)6-7-13(12)16/h6-7,9-10,14,17H,4-5,8H2,1-3H3. The second-order valence-corrected chi connectivity index (χ2v) is 4.43. The van der Waals surface area contributed by atoms with E-state index in [2.05, 4.69) is 19.2 Å². The second kappa shape index (κ2) is 6.70. The summed E-state index contributed by atoms with van der Waals surface area (Å²) in [7, 11) is 1.79. The Morgan fingerprint density at radius 3 is 2.35 bits per heavy atom. The lowest BCUT2D eigenvalue weighted by Crippen LogP contribution is -2.21. The van der Waals surface area contributed by atoms with Gasteiger partial charge in [-0.15, -0.1) is 0 Å². The molecule has 1 N–H and O–H groups in total. The average Bonchev–Trinajstić information content (AvgIpc) is 2.34. The first-order chi connectivity index (χ1) is 8.12. The maximum atomic E-state index is 13.7. The molecule has 1 nitrogen and oxygen atoms in total. The van der Waals surface area contributed by atoms with E-state index in [1.54, 1.807) is 7.05 Å². The summed E-state index contributed by atoms with van der Waals surface area (Å²) in [4.78, 5) is 0. The van der Waals surface area contributed by atoms with Gasteiger partial charge in [0.05, 0.1) is 0 Å². The molecule has 0 fully saturated rings. The maximum absolute atomic E-state index is 13.7. The molecule has 0 amide bonds. The van der Waals surface area contributed by atoms with Crippen LogP contribution >= 0.6 is 0 Å². The smallest absolute Gasteiger partial charge is 0.128 e. The van der Waals surface area contributed by atoms with Gasteiger partial charge in [-0.05, 0) is 37.6 Å². The molecule has 0 aliphatic carbocycles. The molecule has 0 saturated heterocycles. The van der Waals surface area contributed by atoms with E-state index in [0.717, 1.165) is 25.3 Å². The minimum absolute atomic E-state index is 0.115. The van der Waals surface area contributed by atoms with Crippen LogP contribution < -0.4 is 5.32 Å². The van der Waals surface area contributed by atoms with Crippen LogP contribution in [0.2, 0.25) is 0 Å². The Balaban J connectivity index is 2.89. The van der Waals surface area contributed by atoms with Crippen molar-refractivity contribution in [2.75, 3.05) is 7.05 Å². The van der Waals surface area contributed by atoms with Crippen molar-refractivity contribution in [3.05, 3.63) is 35.4 Å². The zero-order valence-electron chi connectivity index (χ0n) is 10.8. The largest absolute Gasteiger partial charge is 0.313 e. The highest BCUT2D eigenvalue weighted by Gasteiger charge is 2.18. The molecule has 1 aromatic carbocycles. The number of hydrogen-bond acceptors (Lipinski definition) is 1. The van der Waals surface area contributed by atoms with Gasteiger partial charge in [0.2, 0.25) is 0 Å². The van der Waals surface area contributed by atoms with Crippen molar-refractivity contribution in [3.63, 3.8) is 0 Å². The van der Waals surface area contributed by atoms with Gasteiger partial charge in [0.15, 0.2) is 0 Å². The fraction of sp³-hybridized carbons (Fsp3) is 0.571. The molecule has 3 heteroatoms. The molecular formula is C14H21F2N. The molecule has 1 aromatic rings. The molecule has 0 radical (unpaired) electrons. The van der Waals surface area contributed by atoms with Crippen molar-refractivity contribution < 1.29 is 8.78 Å². The molecule has 0 bridgehead atoms. The van der Waals surface area contributed by atoms with E-state index in [4.69, 9.17) is 0 Å². The van der Waals surface area contributed by atoms with Gasteiger partial charge in [-0.1, -0.05) is 26.7 Å². The Kier molecular flexibility index (Phi) is 5.56. The van der Waals surface area contributed by atoms with Gasteiger partial charge in [0.1, 0.15) is 11.6 Å². The van der Waals surface area contributed by atoms with E-state index in [1.165, 1.54) is 12.1 Å². The number of rotatable bonds is 6. The Morgan fingerprint density at radius 1 is 1.18 bits per heavy atom. The lowest BCUT2D eigenvalue weighted by atomic mass is 9.91. The fourth-order valence-electron chi connectivity index (χ4n) is 2.14. The van der Waals surface area contributed by atoms with Crippen LogP contribution in [0.25, 0.3) is 0 Å². The normalized spacial score (nSPS) is 13.1. The molecule has 0 aliphatic rings. The topological polar surface area (TPSA) is 12.0 Å². The summed E-state index contributed by atoms with van der Waals surface area (Å²) < 4.78 is 26.8. The highest BCUT2D eigenvalue weighted by Crippen LogP contribution is 2.27. The minimum atomic E-state index is -0.383. The van der Waals surface area contributed by atoms with Crippen LogP contribution in [0.4, 0.5) is 8.78 Å². The van der Waals surface area contributed by atoms with Gasteiger partial charge in [-0.25, -0.2) is 8.78 Å². The molecule has 1 rings (SSSR count). The van der Waals surface area contributed by atoms with Gasteiger partial charge in [-0.2, -0.15) is 0 Å². The van der Waals surface area contributed by atoms with Crippen LogP contribution in [0.1, 0.15) is 44.7 Å².